The number of carbonyl (C=O) groups is 2. The SMILES string of the molecule is CCc1ccc(OCC(=O)NNC(=O)CCc2ccccc2)cc1. The highest BCUT2D eigenvalue weighted by Gasteiger charge is 2.06. The number of benzene rings is 2. The van der Waals surface area contributed by atoms with Crippen LogP contribution in [0, 0.1) is 0 Å². The van der Waals surface area contributed by atoms with Crippen molar-refractivity contribution in [2.75, 3.05) is 6.61 Å². The van der Waals surface area contributed by atoms with Crippen LogP contribution in [0.25, 0.3) is 0 Å². The van der Waals surface area contributed by atoms with Gasteiger partial charge in [-0.05, 0) is 36.1 Å². The van der Waals surface area contributed by atoms with Gasteiger partial charge in [0.15, 0.2) is 6.61 Å². The van der Waals surface area contributed by atoms with Crippen molar-refractivity contribution in [2.45, 2.75) is 26.2 Å². The molecule has 2 rings (SSSR count). The summed E-state index contributed by atoms with van der Waals surface area (Å²) < 4.78 is 5.37. The Labute approximate surface area is 142 Å². The Morgan fingerprint density at radius 2 is 1.54 bits per heavy atom. The number of hydrazine groups is 1. The molecule has 2 aromatic carbocycles. The largest absolute Gasteiger partial charge is 0.484 e. The zero-order valence-corrected chi connectivity index (χ0v) is 13.7. The quantitative estimate of drug-likeness (QED) is 0.768. The Kier molecular flexibility index (Phi) is 6.83. The first-order valence-corrected chi connectivity index (χ1v) is 8.00. The highest BCUT2D eigenvalue weighted by Crippen LogP contribution is 2.12. The summed E-state index contributed by atoms with van der Waals surface area (Å²) in [5.41, 5.74) is 7.02. The Morgan fingerprint density at radius 3 is 2.21 bits per heavy atom. The van der Waals surface area contributed by atoms with Gasteiger partial charge in [-0.1, -0.05) is 49.4 Å². The van der Waals surface area contributed by atoms with Crippen LogP contribution in [0.1, 0.15) is 24.5 Å². The first-order chi connectivity index (χ1) is 11.7. The van der Waals surface area contributed by atoms with E-state index in [0.29, 0.717) is 18.6 Å². The molecule has 0 saturated carbocycles. The summed E-state index contributed by atoms with van der Waals surface area (Å²) in [5.74, 6) is -0.0140. The molecule has 0 radical (unpaired) electrons. The zero-order chi connectivity index (χ0) is 17.2. The second-order valence-corrected chi connectivity index (χ2v) is 5.37. The number of aryl methyl sites for hydroxylation is 2. The molecule has 0 saturated heterocycles. The fourth-order valence-electron chi connectivity index (χ4n) is 2.11. The molecule has 0 bridgehead atoms. The van der Waals surface area contributed by atoms with E-state index in [1.807, 2.05) is 54.6 Å². The number of rotatable bonds is 7. The summed E-state index contributed by atoms with van der Waals surface area (Å²) in [6, 6.07) is 17.3. The lowest BCUT2D eigenvalue weighted by Gasteiger charge is -2.09. The first kappa shape index (κ1) is 17.5. The molecular weight excluding hydrogens is 304 g/mol. The van der Waals surface area contributed by atoms with Crippen LogP contribution < -0.4 is 15.6 Å². The minimum atomic E-state index is -0.400. The summed E-state index contributed by atoms with van der Waals surface area (Å²) >= 11 is 0. The van der Waals surface area contributed by atoms with E-state index in [0.717, 1.165) is 12.0 Å². The van der Waals surface area contributed by atoms with E-state index in [9.17, 15) is 9.59 Å². The van der Waals surface area contributed by atoms with Gasteiger partial charge in [0.25, 0.3) is 5.91 Å². The molecule has 2 amide bonds. The van der Waals surface area contributed by atoms with Crippen LogP contribution in [0.5, 0.6) is 5.75 Å². The fraction of sp³-hybridized carbons (Fsp3) is 0.263. The molecule has 0 aromatic heterocycles. The molecule has 2 N–H and O–H groups in total. The zero-order valence-electron chi connectivity index (χ0n) is 13.7. The van der Waals surface area contributed by atoms with Crippen LogP contribution in [0.4, 0.5) is 0 Å². The third kappa shape index (κ3) is 6.12. The lowest BCUT2D eigenvalue weighted by atomic mass is 10.1. The molecule has 5 heteroatoms. The standard InChI is InChI=1S/C19H22N2O3/c1-2-15-8-11-17(12-9-15)24-14-19(23)21-20-18(22)13-10-16-6-4-3-5-7-16/h3-9,11-12H,2,10,13-14H2,1H3,(H,20,22)(H,21,23). The summed E-state index contributed by atoms with van der Waals surface area (Å²) in [5, 5.41) is 0. The lowest BCUT2D eigenvalue weighted by Crippen LogP contribution is -2.43. The van der Waals surface area contributed by atoms with Gasteiger partial charge in [-0.25, -0.2) is 0 Å². The highest BCUT2D eigenvalue weighted by atomic mass is 16.5. The van der Waals surface area contributed by atoms with Crippen molar-refractivity contribution in [3.05, 3.63) is 65.7 Å². The van der Waals surface area contributed by atoms with Gasteiger partial charge in [0.2, 0.25) is 5.91 Å². The summed E-state index contributed by atoms with van der Waals surface area (Å²) in [7, 11) is 0. The Hall–Kier alpha value is -2.82. The van der Waals surface area contributed by atoms with Crippen LogP contribution in [-0.2, 0) is 22.4 Å². The monoisotopic (exact) mass is 326 g/mol. The summed E-state index contributed by atoms with van der Waals surface area (Å²) in [6.07, 6.45) is 1.89. The van der Waals surface area contributed by atoms with E-state index < -0.39 is 5.91 Å². The minimum absolute atomic E-state index is 0.148. The van der Waals surface area contributed by atoms with Crippen molar-refractivity contribution >= 4 is 11.8 Å². The van der Waals surface area contributed by atoms with E-state index in [4.69, 9.17) is 4.74 Å². The predicted molar refractivity (Wildman–Crippen MR) is 92.4 cm³/mol. The maximum atomic E-state index is 11.7. The predicted octanol–water partition coefficient (Wildman–Crippen LogP) is 2.41. The normalized spacial score (nSPS) is 10.0. The lowest BCUT2D eigenvalue weighted by molar-refractivity contribution is -0.130. The summed E-state index contributed by atoms with van der Waals surface area (Å²) in [6.45, 7) is 1.92. The van der Waals surface area contributed by atoms with Gasteiger partial charge in [0.1, 0.15) is 5.75 Å². The Morgan fingerprint density at radius 1 is 0.875 bits per heavy atom. The Balaban J connectivity index is 1.64. The average Bonchev–Trinajstić information content (AvgIpc) is 2.64. The number of ether oxygens (including phenoxy) is 1. The fourth-order valence-corrected chi connectivity index (χ4v) is 2.11. The van der Waals surface area contributed by atoms with Crippen LogP contribution in [0.3, 0.4) is 0 Å². The van der Waals surface area contributed by atoms with E-state index in [1.54, 1.807) is 0 Å². The molecule has 5 nitrogen and oxygen atoms in total. The molecule has 0 heterocycles. The van der Waals surface area contributed by atoms with Crippen LogP contribution in [0.2, 0.25) is 0 Å². The van der Waals surface area contributed by atoms with Gasteiger partial charge in [-0.2, -0.15) is 0 Å². The molecule has 0 fully saturated rings. The molecule has 0 aliphatic rings. The minimum Gasteiger partial charge on any atom is -0.484 e. The van der Waals surface area contributed by atoms with Crippen LogP contribution >= 0.6 is 0 Å². The maximum Gasteiger partial charge on any atom is 0.276 e. The van der Waals surface area contributed by atoms with Crippen molar-refractivity contribution in [2.24, 2.45) is 0 Å². The molecule has 0 unspecified atom stereocenters. The molecule has 0 atom stereocenters. The first-order valence-electron chi connectivity index (χ1n) is 8.00. The van der Waals surface area contributed by atoms with E-state index in [2.05, 4.69) is 17.8 Å². The van der Waals surface area contributed by atoms with Crippen LogP contribution in [-0.4, -0.2) is 18.4 Å². The summed E-state index contributed by atoms with van der Waals surface area (Å²) in [4.78, 5) is 23.4. The third-order valence-corrected chi connectivity index (χ3v) is 3.53. The van der Waals surface area contributed by atoms with Crippen molar-refractivity contribution in [3.8, 4) is 5.75 Å². The van der Waals surface area contributed by atoms with E-state index in [1.165, 1.54) is 5.56 Å². The molecule has 0 spiro atoms. The smallest absolute Gasteiger partial charge is 0.276 e. The van der Waals surface area contributed by atoms with Gasteiger partial charge in [-0.15, -0.1) is 0 Å². The number of carbonyl (C=O) groups excluding carboxylic acids is 2. The second-order valence-electron chi connectivity index (χ2n) is 5.37. The number of nitrogens with one attached hydrogen (secondary N) is 2. The van der Waals surface area contributed by atoms with Crippen molar-refractivity contribution in [1.29, 1.82) is 0 Å². The molecule has 0 aliphatic heterocycles. The van der Waals surface area contributed by atoms with Crippen molar-refractivity contribution in [3.63, 3.8) is 0 Å². The molecule has 126 valence electrons. The molecule has 24 heavy (non-hydrogen) atoms. The van der Waals surface area contributed by atoms with Gasteiger partial charge in [0.05, 0.1) is 0 Å². The topological polar surface area (TPSA) is 67.4 Å². The Bertz CT molecular complexity index is 654. The van der Waals surface area contributed by atoms with E-state index >= 15 is 0 Å². The van der Waals surface area contributed by atoms with Gasteiger partial charge in [0, 0.05) is 6.42 Å². The van der Waals surface area contributed by atoms with Crippen molar-refractivity contribution < 1.29 is 14.3 Å². The second kappa shape index (κ2) is 9.35. The average molecular weight is 326 g/mol. The highest BCUT2D eigenvalue weighted by molar-refractivity contribution is 5.82. The molecule has 2 aromatic rings. The number of amides is 2. The number of hydrogen-bond acceptors (Lipinski definition) is 3. The molecule has 0 aliphatic carbocycles. The van der Waals surface area contributed by atoms with Gasteiger partial charge >= 0.3 is 0 Å². The van der Waals surface area contributed by atoms with Crippen molar-refractivity contribution in [1.82, 2.24) is 10.9 Å². The maximum absolute atomic E-state index is 11.7. The third-order valence-electron chi connectivity index (χ3n) is 3.53. The molecular formula is C19H22N2O3. The van der Waals surface area contributed by atoms with Crippen LogP contribution in [0.15, 0.2) is 54.6 Å². The van der Waals surface area contributed by atoms with Gasteiger partial charge < -0.3 is 4.74 Å². The van der Waals surface area contributed by atoms with Gasteiger partial charge in [-0.3, -0.25) is 20.4 Å². The van der Waals surface area contributed by atoms with E-state index in [-0.39, 0.29) is 12.5 Å². The number of hydrogen-bond donors (Lipinski definition) is 2.